The van der Waals surface area contributed by atoms with Crippen LogP contribution in [0.2, 0.25) is 0 Å². The molecule has 2 atom stereocenters. The van der Waals surface area contributed by atoms with Crippen LogP contribution in [0.5, 0.6) is 0 Å². The van der Waals surface area contributed by atoms with E-state index in [0.29, 0.717) is 26.2 Å². The number of hydrogen-bond donors (Lipinski definition) is 1. The molecule has 2 aromatic carbocycles. The number of nitrogens with one attached hydrogen (secondary N) is 1. The van der Waals surface area contributed by atoms with Crippen molar-refractivity contribution in [2.24, 2.45) is 0 Å². The lowest BCUT2D eigenvalue weighted by atomic mass is 9.89. The van der Waals surface area contributed by atoms with Gasteiger partial charge in [-0.05, 0) is 48.1 Å². The number of nitrogens with zero attached hydrogens (tertiary/aromatic N) is 3. The molecule has 2 bridgehead atoms. The van der Waals surface area contributed by atoms with Gasteiger partial charge in [-0.15, -0.1) is 0 Å². The number of ether oxygens (including phenoxy) is 1. The largest absolute Gasteiger partial charge is 0.350 e. The molecule has 2 unspecified atom stereocenters. The Morgan fingerprint density at radius 1 is 1.15 bits per heavy atom. The maximum absolute atomic E-state index is 13.0. The van der Waals surface area contributed by atoms with Crippen LogP contribution in [-0.4, -0.2) is 58.7 Å². The lowest BCUT2D eigenvalue weighted by Gasteiger charge is -2.41. The maximum Gasteiger partial charge on any atom is 0.326 e. The number of hydroxylamine groups is 1. The first-order valence-corrected chi connectivity index (χ1v) is 13.5. The van der Waals surface area contributed by atoms with E-state index < -0.39 is 0 Å². The monoisotopic (exact) mass is 528 g/mol. The van der Waals surface area contributed by atoms with Crippen molar-refractivity contribution in [2.45, 2.75) is 51.0 Å². The minimum Gasteiger partial charge on any atom is -0.350 e. The number of amides is 4. The summed E-state index contributed by atoms with van der Waals surface area (Å²) in [5, 5.41) is 1.08. The maximum atomic E-state index is 13.0. The Kier molecular flexibility index (Phi) is 6.93. The smallest absolute Gasteiger partial charge is 0.326 e. The third-order valence-electron chi connectivity index (χ3n) is 7.83. The minimum atomic E-state index is -0.386. The molecular weight excluding hydrogens is 496 g/mol. The van der Waals surface area contributed by atoms with Crippen molar-refractivity contribution < 1.29 is 24.0 Å². The van der Waals surface area contributed by atoms with Crippen LogP contribution in [0.15, 0.2) is 54.6 Å². The average Bonchev–Trinajstić information content (AvgIpc) is 3.29. The Morgan fingerprint density at radius 3 is 2.87 bits per heavy atom. The highest BCUT2D eigenvalue weighted by molar-refractivity contribution is 6.04. The second-order valence-electron chi connectivity index (χ2n) is 10.4. The van der Waals surface area contributed by atoms with Gasteiger partial charge in [0.1, 0.15) is 0 Å². The molecule has 6 rings (SSSR count). The van der Waals surface area contributed by atoms with Crippen LogP contribution >= 0.6 is 0 Å². The molecule has 2 saturated heterocycles. The fraction of sp³-hybridized carbons (Fsp3) is 0.367. The molecule has 9 nitrogen and oxygen atoms in total. The first-order chi connectivity index (χ1) is 19.0. The van der Waals surface area contributed by atoms with Crippen LogP contribution in [-0.2, 0) is 38.7 Å². The standard InChI is InChI=1S/C30H32N4O5/c1-32-29(36)23-18-33(30(32)37)19-25-28(23)22-9-2-3-10-24(22)34(25)15-14-21-8-6-7-20(17-21)12-13-26(35)31-39-27-11-4-5-16-38-27/h2-3,6-10,12-13,17,23,27H,4-5,11,14-16,18-19H2,1H3,(H,31,35)/b13-12+. The first kappa shape index (κ1) is 25.3. The Bertz CT molecular complexity index is 1450. The Balaban J connectivity index is 1.18. The molecule has 1 aromatic heterocycles. The summed E-state index contributed by atoms with van der Waals surface area (Å²) in [6.45, 7) is 2.28. The molecule has 0 radical (unpaired) electrons. The van der Waals surface area contributed by atoms with Crippen molar-refractivity contribution in [3.05, 3.63) is 77.0 Å². The van der Waals surface area contributed by atoms with Crippen LogP contribution in [0.1, 0.15) is 47.6 Å². The van der Waals surface area contributed by atoms with Crippen LogP contribution in [0.3, 0.4) is 0 Å². The fourth-order valence-electron chi connectivity index (χ4n) is 5.87. The average molecular weight is 529 g/mol. The minimum absolute atomic E-state index is 0.139. The first-order valence-electron chi connectivity index (χ1n) is 13.5. The van der Waals surface area contributed by atoms with Gasteiger partial charge in [0.2, 0.25) is 5.91 Å². The van der Waals surface area contributed by atoms with E-state index in [1.54, 1.807) is 18.0 Å². The lowest BCUT2D eigenvalue weighted by molar-refractivity contribution is -0.198. The Morgan fingerprint density at radius 2 is 2.03 bits per heavy atom. The highest BCUT2D eigenvalue weighted by Crippen LogP contribution is 2.40. The summed E-state index contributed by atoms with van der Waals surface area (Å²) in [7, 11) is 1.57. The molecule has 202 valence electrons. The molecule has 1 N–H and O–H groups in total. The van der Waals surface area contributed by atoms with E-state index in [-0.39, 0.29) is 30.1 Å². The molecule has 0 saturated carbocycles. The summed E-state index contributed by atoms with van der Waals surface area (Å²) in [6, 6.07) is 16.0. The molecule has 0 spiro atoms. The Hall–Kier alpha value is -3.95. The van der Waals surface area contributed by atoms with Crippen LogP contribution in [0, 0.1) is 0 Å². The topological polar surface area (TPSA) is 93.1 Å². The number of benzene rings is 2. The molecule has 4 heterocycles. The van der Waals surface area contributed by atoms with Crippen molar-refractivity contribution in [3.63, 3.8) is 0 Å². The number of urea groups is 1. The van der Waals surface area contributed by atoms with Gasteiger partial charge in [-0.25, -0.2) is 15.1 Å². The SMILES string of the molecule is CN1C(=O)C2CN(Cc3c2c2ccccc2n3CCc2cccc(/C=C/C(=O)NOC3CCCCO3)c2)C1=O. The van der Waals surface area contributed by atoms with E-state index in [0.717, 1.165) is 59.0 Å². The number of hydrogen-bond acceptors (Lipinski definition) is 5. The van der Waals surface area contributed by atoms with E-state index in [9.17, 15) is 14.4 Å². The number of para-hydroxylation sites is 1. The third-order valence-corrected chi connectivity index (χ3v) is 7.83. The lowest BCUT2D eigenvalue weighted by Crippen LogP contribution is -2.56. The van der Waals surface area contributed by atoms with Crippen LogP contribution in [0.25, 0.3) is 17.0 Å². The van der Waals surface area contributed by atoms with Gasteiger partial charge in [0.05, 0.1) is 12.5 Å². The quantitative estimate of drug-likeness (QED) is 0.370. The third kappa shape index (κ3) is 4.95. The van der Waals surface area contributed by atoms with Crippen LogP contribution in [0.4, 0.5) is 4.79 Å². The van der Waals surface area contributed by atoms with Crippen molar-refractivity contribution in [1.29, 1.82) is 0 Å². The molecule has 4 amide bonds. The van der Waals surface area contributed by atoms with Gasteiger partial charge in [0, 0.05) is 55.8 Å². The normalized spacial score (nSPS) is 21.1. The zero-order valence-electron chi connectivity index (χ0n) is 22.0. The summed E-state index contributed by atoms with van der Waals surface area (Å²) in [6.07, 6.45) is 6.40. The van der Waals surface area contributed by atoms with E-state index in [2.05, 4.69) is 34.3 Å². The van der Waals surface area contributed by atoms with Crippen molar-refractivity contribution in [3.8, 4) is 0 Å². The fourth-order valence-corrected chi connectivity index (χ4v) is 5.87. The van der Waals surface area contributed by atoms with Gasteiger partial charge in [0.25, 0.3) is 5.91 Å². The van der Waals surface area contributed by atoms with Gasteiger partial charge in [-0.1, -0.05) is 42.5 Å². The molecule has 2 fully saturated rings. The molecule has 3 aliphatic rings. The van der Waals surface area contributed by atoms with Crippen molar-refractivity contribution in [1.82, 2.24) is 19.8 Å². The summed E-state index contributed by atoms with van der Waals surface area (Å²) in [4.78, 5) is 46.3. The van der Waals surface area contributed by atoms with Crippen molar-refractivity contribution >= 4 is 34.8 Å². The Labute approximate surface area is 226 Å². The number of aryl methyl sites for hydroxylation is 2. The number of fused-ring (bicyclic) bond motifs is 6. The summed E-state index contributed by atoms with van der Waals surface area (Å²) in [5.41, 5.74) is 7.65. The zero-order chi connectivity index (χ0) is 26.9. The second kappa shape index (κ2) is 10.7. The number of carbonyl (C=O) groups excluding carboxylic acids is 3. The zero-order valence-corrected chi connectivity index (χ0v) is 22.0. The van der Waals surface area contributed by atoms with Gasteiger partial charge in [-0.2, -0.15) is 0 Å². The molecule has 9 heteroatoms. The molecule has 3 aromatic rings. The summed E-state index contributed by atoms with van der Waals surface area (Å²) < 4.78 is 7.72. The molecule has 39 heavy (non-hydrogen) atoms. The van der Waals surface area contributed by atoms with E-state index >= 15 is 0 Å². The van der Waals surface area contributed by atoms with E-state index in [4.69, 9.17) is 9.57 Å². The number of carbonyl (C=O) groups is 3. The number of imide groups is 1. The number of aromatic nitrogens is 1. The van der Waals surface area contributed by atoms with Gasteiger partial charge < -0.3 is 14.2 Å². The van der Waals surface area contributed by atoms with E-state index in [1.165, 1.54) is 11.0 Å². The van der Waals surface area contributed by atoms with Gasteiger partial charge in [-0.3, -0.25) is 14.5 Å². The number of likely N-dealkylation sites (N-methyl/N-ethyl adjacent to an activating group) is 1. The van der Waals surface area contributed by atoms with Gasteiger partial charge >= 0.3 is 6.03 Å². The van der Waals surface area contributed by atoms with Gasteiger partial charge in [0.15, 0.2) is 6.29 Å². The highest BCUT2D eigenvalue weighted by atomic mass is 16.8. The summed E-state index contributed by atoms with van der Waals surface area (Å²) in [5.74, 6) is -0.813. The van der Waals surface area contributed by atoms with E-state index in [1.807, 2.05) is 24.3 Å². The number of rotatable bonds is 7. The van der Waals surface area contributed by atoms with Crippen molar-refractivity contribution in [2.75, 3.05) is 20.2 Å². The highest BCUT2D eigenvalue weighted by Gasteiger charge is 2.44. The predicted molar refractivity (Wildman–Crippen MR) is 145 cm³/mol. The predicted octanol–water partition coefficient (Wildman–Crippen LogP) is 3.96. The molecular formula is C30H32N4O5. The summed E-state index contributed by atoms with van der Waals surface area (Å²) >= 11 is 0. The second-order valence-corrected chi connectivity index (χ2v) is 10.4. The molecule has 0 aliphatic carbocycles. The molecule has 3 aliphatic heterocycles. The van der Waals surface area contributed by atoms with Crippen LogP contribution < -0.4 is 5.48 Å².